The van der Waals surface area contributed by atoms with E-state index < -0.39 is 12.0 Å². The maximum Gasteiger partial charge on any atom is 0.225 e. The number of rotatable bonds is 7. The van der Waals surface area contributed by atoms with Crippen LogP contribution >= 0.6 is 0 Å². The highest BCUT2D eigenvalue weighted by molar-refractivity contribution is 5.85. The van der Waals surface area contributed by atoms with E-state index in [-0.39, 0.29) is 17.6 Å². The number of pyridine rings is 1. The first-order valence-corrected chi connectivity index (χ1v) is 9.30. The molecule has 1 aromatic carbocycles. The van der Waals surface area contributed by atoms with Crippen molar-refractivity contribution in [2.24, 2.45) is 5.92 Å². The minimum atomic E-state index is -0.450. The fourth-order valence-corrected chi connectivity index (χ4v) is 3.57. The molecule has 1 aliphatic heterocycles. The van der Waals surface area contributed by atoms with Gasteiger partial charge in [-0.3, -0.25) is 14.6 Å². The van der Waals surface area contributed by atoms with Crippen LogP contribution in [0.15, 0.2) is 48.8 Å². The number of nitrogens with zero attached hydrogens (tertiary/aromatic N) is 2. The van der Waals surface area contributed by atoms with Crippen LogP contribution in [0.5, 0.6) is 0 Å². The Morgan fingerprint density at radius 1 is 1.25 bits per heavy atom. The largest absolute Gasteiger partial charge is 0.383 e. The van der Waals surface area contributed by atoms with Crippen molar-refractivity contribution in [2.75, 3.05) is 20.3 Å². The molecule has 2 heterocycles. The third-order valence-corrected chi connectivity index (χ3v) is 5.01. The summed E-state index contributed by atoms with van der Waals surface area (Å²) in [5.74, 6) is -0.916. The number of halogens is 1. The van der Waals surface area contributed by atoms with Gasteiger partial charge in [-0.15, -0.1) is 0 Å². The number of nitrogens with one attached hydrogen (secondary N) is 1. The number of likely N-dealkylation sites (tertiary alicyclic amines) is 1. The molecule has 2 aromatic rings. The number of benzene rings is 1. The summed E-state index contributed by atoms with van der Waals surface area (Å²) < 4.78 is 18.5. The Kier molecular flexibility index (Phi) is 6.71. The van der Waals surface area contributed by atoms with Gasteiger partial charge < -0.3 is 15.0 Å². The van der Waals surface area contributed by atoms with Gasteiger partial charge in [0.2, 0.25) is 11.8 Å². The lowest BCUT2D eigenvalue weighted by Gasteiger charge is -2.40. The predicted molar refractivity (Wildman–Crippen MR) is 102 cm³/mol. The van der Waals surface area contributed by atoms with Crippen molar-refractivity contribution in [3.63, 3.8) is 0 Å². The minimum Gasteiger partial charge on any atom is -0.383 e. The molecule has 3 rings (SSSR count). The van der Waals surface area contributed by atoms with Crippen LogP contribution in [0.2, 0.25) is 0 Å². The molecule has 0 aliphatic carbocycles. The summed E-state index contributed by atoms with van der Waals surface area (Å²) in [5.41, 5.74) is 1.69. The lowest BCUT2D eigenvalue weighted by atomic mass is 9.83. The van der Waals surface area contributed by atoms with Crippen molar-refractivity contribution in [1.82, 2.24) is 15.2 Å². The van der Waals surface area contributed by atoms with Gasteiger partial charge in [0.15, 0.2) is 0 Å². The minimum absolute atomic E-state index is 0.0236. The first kappa shape index (κ1) is 19.9. The van der Waals surface area contributed by atoms with E-state index in [1.54, 1.807) is 36.5 Å². The average Bonchev–Trinajstić information content (AvgIpc) is 2.72. The van der Waals surface area contributed by atoms with Gasteiger partial charge in [-0.25, -0.2) is 4.39 Å². The smallest absolute Gasteiger partial charge is 0.225 e. The normalized spacial score (nSPS) is 19.5. The molecule has 1 aromatic heterocycles. The monoisotopic (exact) mass is 385 g/mol. The molecule has 1 aliphatic rings. The third-order valence-electron chi connectivity index (χ3n) is 5.01. The highest BCUT2D eigenvalue weighted by Crippen LogP contribution is 2.37. The first-order valence-electron chi connectivity index (χ1n) is 9.30. The lowest BCUT2D eigenvalue weighted by Crippen LogP contribution is -2.49. The fraction of sp³-hybridized carbons (Fsp3) is 0.381. The number of methoxy groups -OCH3 is 1. The Morgan fingerprint density at radius 3 is 2.64 bits per heavy atom. The number of amides is 2. The zero-order valence-corrected chi connectivity index (χ0v) is 15.8. The summed E-state index contributed by atoms with van der Waals surface area (Å²) in [6.07, 6.45) is 4.10. The Balaban J connectivity index is 1.82. The Hall–Kier alpha value is -2.80. The molecule has 0 radical (unpaired) electrons. The van der Waals surface area contributed by atoms with Crippen LogP contribution in [0.1, 0.15) is 30.0 Å². The summed E-state index contributed by atoms with van der Waals surface area (Å²) in [6, 6.07) is 9.22. The maximum atomic E-state index is 13.4. The second kappa shape index (κ2) is 9.41. The van der Waals surface area contributed by atoms with Gasteiger partial charge in [0, 0.05) is 39.0 Å². The summed E-state index contributed by atoms with van der Waals surface area (Å²) in [7, 11) is 1.57. The van der Waals surface area contributed by atoms with Crippen LogP contribution in [0.4, 0.5) is 4.39 Å². The van der Waals surface area contributed by atoms with E-state index in [9.17, 15) is 14.0 Å². The summed E-state index contributed by atoms with van der Waals surface area (Å²) >= 11 is 0. The molecule has 7 heteroatoms. The molecule has 1 fully saturated rings. The number of carbonyl (C=O) groups is 2. The number of aromatic nitrogens is 1. The van der Waals surface area contributed by atoms with E-state index in [4.69, 9.17) is 4.74 Å². The molecule has 6 nitrogen and oxygen atoms in total. The molecule has 148 valence electrons. The standard InChI is InChI=1S/C21H24FN3O3/c1-28-13-12-25-19(26)7-6-18(20(25)16-2-4-17(22)5-3-16)21(27)24-14-15-8-10-23-11-9-15/h2-5,8-11,18,20H,6-7,12-14H2,1H3,(H,24,27)/t18-,20+/m1/s1. The molecule has 2 amide bonds. The van der Waals surface area contributed by atoms with E-state index in [0.29, 0.717) is 32.5 Å². The number of piperidine rings is 1. The van der Waals surface area contributed by atoms with E-state index in [2.05, 4.69) is 10.3 Å². The van der Waals surface area contributed by atoms with Crippen LogP contribution in [0.3, 0.4) is 0 Å². The Morgan fingerprint density at radius 2 is 1.96 bits per heavy atom. The van der Waals surface area contributed by atoms with Crippen LogP contribution in [-0.4, -0.2) is 42.0 Å². The van der Waals surface area contributed by atoms with Crippen molar-refractivity contribution < 1.29 is 18.7 Å². The summed E-state index contributed by atoms with van der Waals surface area (Å²) in [6.45, 7) is 1.14. The van der Waals surface area contributed by atoms with E-state index in [0.717, 1.165) is 11.1 Å². The number of carbonyl (C=O) groups excluding carboxylic acids is 2. The maximum absolute atomic E-state index is 13.4. The average molecular weight is 385 g/mol. The number of hydrogen-bond acceptors (Lipinski definition) is 4. The molecule has 0 spiro atoms. The molecule has 2 atom stereocenters. The SMILES string of the molecule is COCCN1C(=O)CC[C@@H](C(=O)NCc2ccncc2)[C@@H]1c1ccc(F)cc1. The third kappa shape index (κ3) is 4.72. The highest BCUT2D eigenvalue weighted by atomic mass is 19.1. The van der Waals surface area contributed by atoms with Gasteiger partial charge in [0.1, 0.15) is 5.82 Å². The highest BCUT2D eigenvalue weighted by Gasteiger charge is 2.40. The van der Waals surface area contributed by atoms with Gasteiger partial charge in [-0.1, -0.05) is 12.1 Å². The molecule has 0 saturated carbocycles. The van der Waals surface area contributed by atoms with Crippen LogP contribution in [0, 0.1) is 11.7 Å². The molecular formula is C21H24FN3O3. The van der Waals surface area contributed by atoms with E-state index in [1.165, 1.54) is 12.1 Å². The second-order valence-electron chi connectivity index (χ2n) is 6.79. The predicted octanol–water partition coefficient (Wildman–Crippen LogP) is 2.46. The van der Waals surface area contributed by atoms with Gasteiger partial charge in [-0.2, -0.15) is 0 Å². The fourth-order valence-electron chi connectivity index (χ4n) is 3.57. The van der Waals surface area contributed by atoms with Crippen molar-refractivity contribution in [1.29, 1.82) is 0 Å². The zero-order chi connectivity index (χ0) is 19.9. The zero-order valence-electron chi connectivity index (χ0n) is 15.8. The van der Waals surface area contributed by atoms with Crippen molar-refractivity contribution in [2.45, 2.75) is 25.4 Å². The number of hydrogen-bond donors (Lipinski definition) is 1. The molecule has 1 N–H and O–H groups in total. The van der Waals surface area contributed by atoms with Crippen molar-refractivity contribution in [3.8, 4) is 0 Å². The first-order chi connectivity index (χ1) is 13.6. The molecule has 28 heavy (non-hydrogen) atoms. The van der Waals surface area contributed by atoms with E-state index in [1.807, 2.05) is 12.1 Å². The molecule has 1 saturated heterocycles. The van der Waals surface area contributed by atoms with Gasteiger partial charge in [-0.05, 0) is 41.8 Å². The van der Waals surface area contributed by atoms with Crippen LogP contribution < -0.4 is 5.32 Å². The Bertz CT molecular complexity index is 798. The quantitative estimate of drug-likeness (QED) is 0.795. The van der Waals surface area contributed by atoms with Crippen molar-refractivity contribution >= 4 is 11.8 Å². The van der Waals surface area contributed by atoms with Crippen LogP contribution in [-0.2, 0) is 20.9 Å². The molecular weight excluding hydrogens is 361 g/mol. The number of ether oxygens (including phenoxy) is 1. The van der Waals surface area contributed by atoms with Gasteiger partial charge >= 0.3 is 0 Å². The van der Waals surface area contributed by atoms with Gasteiger partial charge in [0.05, 0.1) is 18.6 Å². The van der Waals surface area contributed by atoms with Crippen LogP contribution in [0.25, 0.3) is 0 Å². The van der Waals surface area contributed by atoms with Crippen molar-refractivity contribution in [3.05, 3.63) is 65.7 Å². The molecule has 0 bridgehead atoms. The molecule has 0 unspecified atom stereocenters. The lowest BCUT2D eigenvalue weighted by molar-refractivity contribution is -0.144. The topological polar surface area (TPSA) is 71.5 Å². The summed E-state index contributed by atoms with van der Waals surface area (Å²) in [4.78, 5) is 31.2. The Labute approximate surface area is 163 Å². The second-order valence-corrected chi connectivity index (χ2v) is 6.79. The van der Waals surface area contributed by atoms with Gasteiger partial charge in [0.25, 0.3) is 0 Å². The summed E-state index contributed by atoms with van der Waals surface area (Å²) in [5, 5.41) is 2.96. The van der Waals surface area contributed by atoms with E-state index >= 15 is 0 Å².